The van der Waals surface area contributed by atoms with Crippen molar-refractivity contribution >= 4 is 17.2 Å². The Labute approximate surface area is 173 Å². The van der Waals surface area contributed by atoms with Crippen LogP contribution in [0.15, 0.2) is 41.8 Å². The van der Waals surface area contributed by atoms with Crippen LogP contribution in [0.3, 0.4) is 0 Å². The fourth-order valence-corrected chi connectivity index (χ4v) is 5.43. The molecule has 5 nitrogen and oxygen atoms in total. The lowest BCUT2D eigenvalue weighted by molar-refractivity contribution is 0.0379. The van der Waals surface area contributed by atoms with Gasteiger partial charge in [-0.2, -0.15) is 0 Å². The summed E-state index contributed by atoms with van der Waals surface area (Å²) in [6.07, 6.45) is 7.00. The Balaban J connectivity index is 1.52. The van der Waals surface area contributed by atoms with E-state index in [-0.39, 0.29) is 17.5 Å². The molecule has 2 atom stereocenters. The van der Waals surface area contributed by atoms with Gasteiger partial charge in [0.25, 0.3) is 5.91 Å². The van der Waals surface area contributed by atoms with E-state index in [4.69, 9.17) is 0 Å². The number of aromatic nitrogens is 3. The van der Waals surface area contributed by atoms with Gasteiger partial charge in [-0.25, -0.2) is 14.1 Å². The first-order valence-corrected chi connectivity index (χ1v) is 11.2. The number of hydrogen-bond donors (Lipinski definition) is 0. The first kappa shape index (κ1) is 18.5. The highest BCUT2D eigenvalue weighted by molar-refractivity contribution is 7.13. The van der Waals surface area contributed by atoms with Gasteiger partial charge < -0.3 is 4.90 Å². The molecule has 2 unspecified atom stereocenters. The summed E-state index contributed by atoms with van der Waals surface area (Å²) < 4.78 is 15.1. The average Bonchev–Trinajstić information content (AvgIpc) is 3.43. The minimum absolute atomic E-state index is 0.0831. The summed E-state index contributed by atoms with van der Waals surface area (Å²) in [4.78, 5) is 21.0. The quantitative estimate of drug-likeness (QED) is 0.615. The van der Waals surface area contributed by atoms with E-state index in [1.54, 1.807) is 28.2 Å². The normalized spacial score (nSPS) is 21.8. The van der Waals surface area contributed by atoms with E-state index in [1.165, 1.54) is 37.8 Å². The zero-order chi connectivity index (χ0) is 19.8. The molecule has 1 saturated heterocycles. The molecule has 0 spiro atoms. The second-order valence-corrected chi connectivity index (χ2v) is 8.82. The van der Waals surface area contributed by atoms with Gasteiger partial charge in [-0.05, 0) is 67.3 Å². The fraction of sp³-hybridized carbons (Fsp3) is 0.409. The third kappa shape index (κ3) is 3.48. The topological polar surface area (TPSA) is 51.0 Å². The molecule has 1 aliphatic heterocycles. The first-order chi connectivity index (χ1) is 14.2. The van der Waals surface area contributed by atoms with E-state index in [0.29, 0.717) is 23.5 Å². The molecule has 2 aliphatic rings. The maximum absolute atomic E-state index is 13.4. The van der Waals surface area contributed by atoms with Gasteiger partial charge in [0.15, 0.2) is 5.82 Å². The molecule has 1 aromatic carbocycles. The lowest BCUT2D eigenvalue weighted by Crippen LogP contribution is -2.49. The molecule has 5 rings (SSSR count). The maximum Gasteiger partial charge on any atom is 0.293 e. The summed E-state index contributed by atoms with van der Waals surface area (Å²) in [7, 11) is 0. The van der Waals surface area contributed by atoms with Crippen molar-refractivity contribution in [3.05, 3.63) is 53.4 Å². The van der Waals surface area contributed by atoms with Crippen LogP contribution >= 0.6 is 11.3 Å². The largest absolute Gasteiger partial charge is 0.333 e. The van der Waals surface area contributed by atoms with Crippen molar-refractivity contribution < 1.29 is 9.18 Å². The molecule has 29 heavy (non-hydrogen) atoms. The van der Waals surface area contributed by atoms with Crippen LogP contribution in [0.5, 0.6) is 0 Å². The predicted octanol–water partition coefficient (Wildman–Crippen LogP) is 4.93. The van der Waals surface area contributed by atoms with Gasteiger partial charge in [0.05, 0.1) is 10.6 Å². The van der Waals surface area contributed by atoms with Gasteiger partial charge in [0, 0.05) is 12.6 Å². The Hall–Kier alpha value is -2.54. The van der Waals surface area contributed by atoms with E-state index >= 15 is 0 Å². The fourth-order valence-electron chi connectivity index (χ4n) is 4.74. The number of amides is 1. The predicted molar refractivity (Wildman–Crippen MR) is 111 cm³/mol. The summed E-state index contributed by atoms with van der Waals surface area (Å²) in [6, 6.07) is 10.3. The van der Waals surface area contributed by atoms with E-state index in [9.17, 15) is 9.18 Å². The van der Waals surface area contributed by atoms with Gasteiger partial charge >= 0.3 is 0 Å². The van der Waals surface area contributed by atoms with E-state index in [0.717, 1.165) is 24.3 Å². The number of piperidine rings is 1. The summed E-state index contributed by atoms with van der Waals surface area (Å²) in [5.74, 6) is 1.06. The molecule has 0 N–H and O–H groups in total. The monoisotopic (exact) mass is 410 g/mol. The molecule has 3 heterocycles. The number of carbonyl (C=O) groups excluding carboxylic acids is 1. The molecule has 1 aliphatic carbocycles. The Morgan fingerprint density at radius 1 is 1.07 bits per heavy atom. The van der Waals surface area contributed by atoms with Crippen LogP contribution in [0.25, 0.3) is 16.4 Å². The van der Waals surface area contributed by atoms with Crippen molar-refractivity contribution in [2.45, 2.75) is 44.6 Å². The second-order valence-electron chi connectivity index (χ2n) is 7.88. The van der Waals surface area contributed by atoms with Crippen molar-refractivity contribution in [3.8, 4) is 16.4 Å². The van der Waals surface area contributed by atoms with Gasteiger partial charge in [-0.1, -0.05) is 18.9 Å². The first-order valence-electron chi connectivity index (χ1n) is 10.3. The number of rotatable bonds is 3. The van der Waals surface area contributed by atoms with Crippen LogP contribution in [0.2, 0.25) is 0 Å². The number of fused-ring (bicyclic) bond motifs is 1. The summed E-state index contributed by atoms with van der Waals surface area (Å²) in [5.41, 5.74) is 0.690. The molecule has 2 aromatic heterocycles. The SMILES string of the molecule is O=C(c1nc(-c2cccs2)n(-c2ccc(F)cc2)n1)N1CCCC2CCCCC21. The van der Waals surface area contributed by atoms with Gasteiger partial charge in [0.2, 0.25) is 5.82 Å². The molecular weight excluding hydrogens is 387 g/mol. The van der Waals surface area contributed by atoms with Gasteiger partial charge in [0.1, 0.15) is 5.82 Å². The van der Waals surface area contributed by atoms with Gasteiger partial charge in [-0.15, -0.1) is 16.4 Å². The van der Waals surface area contributed by atoms with Crippen LogP contribution in [0, 0.1) is 11.7 Å². The third-order valence-corrected chi connectivity index (χ3v) is 6.98. The molecule has 1 saturated carbocycles. The molecule has 0 radical (unpaired) electrons. The summed E-state index contributed by atoms with van der Waals surface area (Å²) in [6.45, 7) is 0.777. The molecule has 1 amide bonds. The highest BCUT2D eigenvalue weighted by atomic mass is 32.1. The summed E-state index contributed by atoms with van der Waals surface area (Å²) >= 11 is 1.54. The number of benzene rings is 1. The van der Waals surface area contributed by atoms with Crippen LogP contribution in [0.1, 0.15) is 49.1 Å². The highest BCUT2D eigenvalue weighted by Gasteiger charge is 2.37. The maximum atomic E-state index is 13.4. The van der Waals surface area contributed by atoms with Crippen LogP contribution < -0.4 is 0 Å². The zero-order valence-corrected chi connectivity index (χ0v) is 16.9. The lowest BCUT2D eigenvalue weighted by Gasteiger charge is -2.43. The van der Waals surface area contributed by atoms with Crippen LogP contribution in [0.4, 0.5) is 4.39 Å². The number of thiophene rings is 1. The molecule has 2 fully saturated rings. The van der Waals surface area contributed by atoms with Crippen LogP contribution in [-0.2, 0) is 0 Å². The lowest BCUT2D eigenvalue weighted by atomic mass is 9.78. The highest BCUT2D eigenvalue weighted by Crippen LogP contribution is 2.36. The van der Waals surface area contributed by atoms with Crippen molar-refractivity contribution in [1.82, 2.24) is 19.7 Å². The van der Waals surface area contributed by atoms with Crippen LogP contribution in [-0.4, -0.2) is 38.2 Å². The van der Waals surface area contributed by atoms with E-state index in [1.807, 2.05) is 22.4 Å². The number of carbonyl (C=O) groups is 1. The molecule has 7 heteroatoms. The standard InChI is InChI=1S/C22H23FN4OS/c23-16-9-11-17(12-10-16)27-21(19-8-4-14-29-19)24-20(25-27)22(28)26-13-3-6-15-5-1-2-7-18(15)26/h4,8-12,14-15,18H,1-3,5-7,13H2. The Morgan fingerprint density at radius 3 is 2.66 bits per heavy atom. The zero-order valence-electron chi connectivity index (χ0n) is 16.1. The van der Waals surface area contributed by atoms with Gasteiger partial charge in [-0.3, -0.25) is 4.79 Å². The molecule has 0 bridgehead atoms. The van der Waals surface area contributed by atoms with Crippen molar-refractivity contribution in [2.75, 3.05) is 6.54 Å². The van der Waals surface area contributed by atoms with Crippen molar-refractivity contribution in [2.24, 2.45) is 5.92 Å². The Bertz CT molecular complexity index is 997. The number of likely N-dealkylation sites (tertiary alicyclic amines) is 1. The van der Waals surface area contributed by atoms with Crippen molar-refractivity contribution in [3.63, 3.8) is 0 Å². The Kier molecular flexibility index (Phi) is 4.91. The van der Waals surface area contributed by atoms with E-state index in [2.05, 4.69) is 10.1 Å². The average molecular weight is 411 g/mol. The Morgan fingerprint density at radius 2 is 1.86 bits per heavy atom. The third-order valence-electron chi connectivity index (χ3n) is 6.12. The number of nitrogens with zero attached hydrogens (tertiary/aromatic N) is 4. The molecule has 150 valence electrons. The molecule has 3 aromatic rings. The minimum Gasteiger partial charge on any atom is -0.333 e. The minimum atomic E-state index is -0.306. The summed E-state index contributed by atoms with van der Waals surface area (Å²) in [5, 5.41) is 6.55. The number of hydrogen-bond acceptors (Lipinski definition) is 4. The van der Waals surface area contributed by atoms with Crippen molar-refractivity contribution in [1.29, 1.82) is 0 Å². The smallest absolute Gasteiger partial charge is 0.293 e. The number of halogens is 1. The van der Waals surface area contributed by atoms with E-state index < -0.39 is 0 Å². The molecular formula is C22H23FN4OS. The second kappa shape index (κ2) is 7.71.